The van der Waals surface area contributed by atoms with E-state index in [-0.39, 0.29) is 6.03 Å². The molecule has 24 heavy (non-hydrogen) atoms. The molecule has 4 rings (SSSR count). The minimum absolute atomic E-state index is 0.0104. The highest BCUT2D eigenvalue weighted by molar-refractivity contribution is 5.83. The lowest BCUT2D eigenvalue weighted by molar-refractivity contribution is 0.180. The molecule has 0 unspecified atom stereocenters. The van der Waals surface area contributed by atoms with Gasteiger partial charge in [0.05, 0.1) is 12.8 Å². The summed E-state index contributed by atoms with van der Waals surface area (Å²) < 4.78 is 5.24. The van der Waals surface area contributed by atoms with Gasteiger partial charge in [-0.05, 0) is 42.5 Å². The first kappa shape index (κ1) is 14.9. The number of piperidine rings is 1. The Balaban J connectivity index is 1.35. The highest BCUT2D eigenvalue weighted by Gasteiger charge is 2.25. The largest absolute Gasteiger partial charge is 0.467 e. The Morgan fingerprint density at radius 1 is 1.21 bits per heavy atom. The highest BCUT2D eigenvalue weighted by Crippen LogP contribution is 2.33. The summed E-state index contributed by atoms with van der Waals surface area (Å²) in [7, 11) is 0. The van der Waals surface area contributed by atoms with E-state index in [9.17, 15) is 4.79 Å². The topological polar surface area (TPSA) is 61.3 Å². The van der Waals surface area contributed by atoms with Crippen LogP contribution in [0.4, 0.5) is 4.79 Å². The number of para-hydroxylation sites is 1. The Labute approximate surface area is 140 Å². The number of carbonyl (C=O) groups is 1. The number of nitrogens with zero attached hydrogens (tertiary/aromatic N) is 1. The Bertz CT molecular complexity index is 814. The van der Waals surface area contributed by atoms with Crippen molar-refractivity contribution >= 4 is 16.9 Å². The van der Waals surface area contributed by atoms with Gasteiger partial charge in [-0.25, -0.2) is 4.79 Å². The zero-order chi connectivity index (χ0) is 16.4. The lowest BCUT2D eigenvalue weighted by Crippen LogP contribution is -2.43. The minimum atomic E-state index is -0.0104. The van der Waals surface area contributed by atoms with Crippen LogP contribution in [0, 0.1) is 0 Å². The number of nitrogens with one attached hydrogen (secondary N) is 2. The summed E-state index contributed by atoms with van der Waals surface area (Å²) in [6, 6.07) is 12.1. The molecular formula is C19H21N3O2. The normalized spacial score (nSPS) is 15.8. The van der Waals surface area contributed by atoms with Crippen LogP contribution >= 0.6 is 0 Å². The zero-order valence-corrected chi connectivity index (χ0v) is 13.5. The van der Waals surface area contributed by atoms with Gasteiger partial charge in [0.15, 0.2) is 0 Å². The molecule has 3 aromatic rings. The quantitative estimate of drug-likeness (QED) is 0.769. The van der Waals surface area contributed by atoms with E-state index in [0.717, 1.165) is 31.7 Å². The summed E-state index contributed by atoms with van der Waals surface area (Å²) in [5, 5.41) is 4.22. The first-order valence-corrected chi connectivity index (χ1v) is 8.42. The molecule has 2 N–H and O–H groups in total. The van der Waals surface area contributed by atoms with Gasteiger partial charge in [-0.3, -0.25) is 0 Å². The number of benzene rings is 1. The van der Waals surface area contributed by atoms with E-state index in [1.807, 2.05) is 17.0 Å². The highest BCUT2D eigenvalue weighted by atomic mass is 16.3. The SMILES string of the molecule is O=C(NCc1ccco1)N1CCC(c2c[nH]c3ccccc23)CC1. The van der Waals surface area contributed by atoms with E-state index >= 15 is 0 Å². The number of hydrogen-bond acceptors (Lipinski definition) is 2. The van der Waals surface area contributed by atoms with Gasteiger partial charge in [-0.15, -0.1) is 0 Å². The van der Waals surface area contributed by atoms with Gasteiger partial charge in [0.2, 0.25) is 0 Å². The second-order valence-electron chi connectivity index (χ2n) is 6.29. The van der Waals surface area contributed by atoms with Crippen LogP contribution in [0.3, 0.4) is 0 Å². The number of likely N-dealkylation sites (tertiary alicyclic amines) is 1. The molecule has 5 nitrogen and oxygen atoms in total. The van der Waals surface area contributed by atoms with Crippen molar-refractivity contribution in [2.75, 3.05) is 13.1 Å². The molecule has 0 atom stereocenters. The van der Waals surface area contributed by atoms with Crippen molar-refractivity contribution in [3.05, 3.63) is 60.2 Å². The molecule has 2 amide bonds. The third-order valence-corrected chi connectivity index (χ3v) is 4.84. The smallest absolute Gasteiger partial charge is 0.317 e. The molecule has 3 heterocycles. The van der Waals surface area contributed by atoms with Gasteiger partial charge in [0.25, 0.3) is 0 Å². The number of aromatic amines is 1. The average molecular weight is 323 g/mol. The van der Waals surface area contributed by atoms with Crippen molar-refractivity contribution < 1.29 is 9.21 Å². The van der Waals surface area contributed by atoms with Crippen molar-refractivity contribution in [1.82, 2.24) is 15.2 Å². The molecule has 0 spiro atoms. The van der Waals surface area contributed by atoms with Gasteiger partial charge in [0.1, 0.15) is 5.76 Å². The fourth-order valence-electron chi connectivity index (χ4n) is 3.51. The first-order valence-electron chi connectivity index (χ1n) is 8.42. The molecule has 0 saturated carbocycles. The second kappa shape index (κ2) is 6.43. The molecule has 0 radical (unpaired) electrons. The van der Waals surface area contributed by atoms with Crippen molar-refractivity contribution in [3.63, 3.8) is 0 Å². The van der Waals surface area contributed by atoms with Gasteiger partial charge in [-0.2, -0.15) is 0 Å². The Morgan fingerprint density at radius 2 is 2.04 bits per heavy atom. The minimum Gasteiger partial charge on any atom is -0.467 e. The summed E-state index contributed by atoms with van der Waals surface area (Å²) in [6.07, 6.45) is 5.74. The Kier molecular flexibility index (Phi) is 3.99. The number of carbonyl (C=O) groups excluding carboxylic acids is 1. The van der Waals surface area contributed by atoms with Gasteiger partial charge < -0.3 is 19.6 Å². The van der Waals surface area contributed by atoms with Crippen molar-refractivity contribution in [2.45, 2.75) is 25.3 Å². The molecule has 2 aromatic heterocycles. The maximum atomic E-state index is 12.3. The molecule has 1 aliphatic heterocycles. The van der Waals surface area contributed by atoms with Crippen LogP contribution < -0.4 is 5.32 Å². The monoisotopic (exact) mass is 323 g/mol. The molecule has 5 heteroatoms. The fraction of sp³-hybridized carbons (Fsp3) is 0.316. The maximum Gasteiger partial charge on any atom is 0.317 e. The molecule has 1 saturated heterocycles. The van der Waals surface area contributed by atoms with Gasteiger partial charge in [-0.1, -0.05) is 18.2 Å². The zero-order valence-electron chi connectivity index (χ0n) is 13.5. The van der Waals surface area contributed by atoms with E-state index in [4.69, 9.17) is 4.42 Å². The number of amides is 2. The van der Waals surface area contributed by atoms with Crippen LogP contribution in [-0.4, -0.2) is 29.0 Å². The standard InChI is InChI=1S/C19H21N3O2/c23-19(21-12-15-4-3-11-24-15)22-9-7-14(8-10-22)17-13-20-18-6-2-1-5-16(17)18/h1-6,11,13-14,20H,7-10,12H2,(H,21,23). The molecule has 1 aliphatic rings. The number of furan rings is 1. The number of rotatable bonds is 3. The van der Waals surface area contributed by atoms with E-state index in [1.54, 1.807) is 6.26 Å². The van der Waals surface area contributed by atoms with E-state index in [0.29, 0.717) is 12.5 Å². The van der Waals surface area contributed by atoms with Crippen molar-refractivity contribution in [2.24, 2.45) is 0 Å². The third-order valence-electron chi connectivity index (χ3n) is 4.84. The molecule has 124 valence electrons. The van der Waals surface area contributed by atoms with Gasteiger partial charge in [0, 0.05) is 30.2 Å². The van der Waals surface area contributed by atoms with Crippen LogP contribution in [0.1, 0.15) is 30.1 Å². The van der Waals surface area contributed by atoms with Gasteiger partial charge >= 0.3 is 6.03 Å². The van der Waals surface area contributed by atoms with Crippen LogP contribution in [-0.2, 0) is 6.54 Å². The van der Waals surface area contributed by atoms with Crippen LogP contribution in [0.5, 0.6) is 0 Å². The molecule has 0 aliphatic carbocycles. The fourth-order valence-corrected chi connectivity index (χ4v) is 3.51. The second-order valence-corrected chi connectivity index (χ2v) is 6.29. The summed E-state index contributed by atoms with van der Waals surface area (Å²) in [4.78, 5) is 17.5. The first-order chi connectivity index (χ1) is 11.8. The summed E-state index contributed by atoms with van der Waals surface area (Å²) in [6.45, 7) is 2.01. The Hall–Kier alpha value is -2.69. The summed E-state index contributed by atoms with van der Waals surface area (Å²) in [5.74, 6) is 1.28. The number of H-pyrrole nitrogens is 1. The lowest BCUT2D eigenvalue weighted by Gasteiger charge is -2.32. The molecule has 0 bridgehead atoms. The third kappa shape index (κ3) is 2.89. The van der Waals surface area contributed by atoms with Crippen LogP contribution in [0.2, 0.25) is 0 Å². The molecular weight excluding hydrogens is 302 g/mol. The van der Waals surface area contributed by atoms with Crippen LogP contribution in [0.25, 0.3) is 10.9 Å². The number of aromatic nitrogens is 1. The van der Waals surface area contributed by atoms with E-state index < -0.39 is 0 Å². The maximum absolute atomic E-state index is 12.3. The predicted molar refractivity (Wildman–Crippen MR) is 92.8 cm³/mol. The lowest BCUT2D eigenvalue weighted by atomic mass is 9.89. The average Bonchev–Trinajstić information content (AvgIpc) is 3.29. The number of hydrogen-bond donors (Lipinski definition) is 2. The summed E-state index contributed by atoms with van der Waals surface area (Å²) in [5.41, 5.74) is 2.56. The van der Waals surface area contributed by atoms with Crippen molar-refractivity contribution in [3.8, 4) is 0 Å². The van der Waals surface area contributed by atoms with E-state index in [1.165, 1.54) is 16.5 Å². The number of urea groups is 1. The Morgan fingerprint density at radius 3 is 2.83 bits per heavy atom. The molecule has 1 aromatic carbocycles. The van der Waals surface area contributed by atoms with Crippen LogP contribution in [0.15, 0.2) is 53.3 Å². The predicted octanol–water partition coefficient (Wildman–Crippen LogP) is 3.85. The number of fused-ring (bicyclic) bond motifs is 1. The molecule has 1 fully saturated rings. The van der Waals surface area contributed by atoms with E-state index in [2.05, 4.69) is 40.8 Å². The summed E-state index contributed by atoms with van der Waals surface area (Å²) >= 11 is 0. The van der Waals surface area contributed by atoms with Crippen molar-refractivity contribution in [1.29, 1.82) is 0 Å².